The lowest BCUT2D eigenvalue weighted by Gasteiger charge is -2.21. The number of methoxy groups -OCH3 is 2. The van der Waals surface area contributed by atoms with E-state index in [1.807, 2.05) is 48.5 Å². The van der Waals surface area contributed by atoms with Crippen LogP contribution in [0.4, 0.5) is 0 Å². The molecule has 2 heterocycles. The number of carbonyl (C=O) groups excluding carboxylic acids is 1. The van der Waals surface area contributed by atoms with Gasteiger partial charge in [0, 0.05) is 16.7 Å². The minimum absolute atomic E-state index is 0.195. The highest BCUT2D eigenvalue weighted by molar-refractivity contribution is 8.26. The molecule has 7 heteroatoms. The molecule has 0 bridgehead atoms. The Labute approximate surface area is 166 Å². The van der Waals surface area contributed by atoms with Crippen molar-refractivity contribution in [3.05, 3.63) is 64.6 Å². The van der Waals surface area contributed by atoms with Crippen LogP contribution >= 0.6 is 24.0 Å². The first-order valence-electron chi connectivity index (χ1n) is 8.09. The number of benzene rings is 2. The van der Waals surface area contributed by atoms with Crippen LogP contribution in [-0.2, 0) is 4.79 Å². The van der Waals surface area contributed by atoms with E-state index < -0.39 is 0 Å². The molecule has 2 aromatic carbocycles. The van der Waals surface area contributed by atoms with Gasteiger partial charge in [-0.2, -0.15) is 0 Å². The molecule has 0 aliphatic carbocycles. The van der Waals surface area contributed by atoms with E-state index in [1.54, 1.807) is 14.2 Å². The van der Waals surface area contributed by atoms with Crippen LogP contribution in [0.3, 0.4) is 0 Å². The molecule has 1 amide bonds. The van der Waals surface area contributed by atoms with Crippen molar-refractivity contribution >= 4 is 45.5 Å². The summed E-state index contributed by atoms with van der Waals surface area (Å²) in [5, 5.41) is 2.67. The van der Waals surface area contributed by atoms with Crippen LogP contribution < -0.4 is 19.5 Å². The third kappa shape index (κ3) is 3.20. The molecule has 2 aliphatic heterocycles. The minimum atomic E-state index is -0.195. The van der Waals surface area contributed by atoms with Crippen LogP contribution in [-0.4, -0.2) is 24.4 Å². The summed E-state index contributed by atoms with van der Waals surface area (Å²) in [6, 6.07) is 13.1. The van der Waals surface area contributed by atoms with Crippen LogP contribution in [0.15, 0.2) is 53.4 Å². The van der Waals surface area contributed by atoms with Gasteiger partial charge in [0.25, 0.3) is 5.91 Å². The molecule has 0 radical (unpaired) electrons. The molecule has 0 aromatic heterocycles. The predicted molar refractivity (Wildman–Crippen MR) is 110 cm³/mol. The van der Waals surface area contributed by atoms with Gasteiger partial charge in [-0.15, -0.1) is 0 Å². The van der Waals surface area contributed by atoms with Gasteiger partial charge in [-0.1, -0.05) is 42.2 Å². The van der Waals surface area contributed by atoms with E-state index in [4.69, 9.17) is 26.4 Å². The highest BCUT2D eigenvalue weighted by atomic mass is 32.2. The van der Waals surface area contributed by atoms with Gasteiger partial charge in [0.05, 0.1) is 19.1 Å². The lowest BCUT2D eigenvalue weighted by atomic mass is 9.98. The number of thiocarbonyl (C=S) groups is 1. The van der Waals surface area contributed by atoms with Gasteiger partial charge in [-0.25, -0.2) is 0 Å². The van der Waals surface area contributed by atoms with Gasteiger partial charge in [-0.05, 0) is 30.3 Å². The predicted octanol–water partition coefficient (Wildman–Crippen LogP) is 4.00. The first-order chi connectivity index (χ1) is 13.1. The highest BCUT2D eigenvalue weighted by Gasteiger charge is 2.29. The molecule has 0 unspecified atom stereocenters. The summed E-state index contributed by atoms with van der Waals surface area (Å²) in [5.41, 5.74) is 2.44. The number of hydrogen-bond donors (Lipinski definition) is 1. The molecule has 1 saturated heterocycles. The number of amides is 1. The average molecular weight is 397 g/mol. The first-order valence-corrected chi connectivity index (χ1v) is 9.32. The average Bonchev–Trinajstić information content (AvgIpc) is 3.04. The second-order valence-corrected chi connectivity index (χ2v) is 7.45. The third-order valence-electron chi connectivity index (χ3n) is 4.20. The largest absolute Gasteiger partial charge is 0.493 e. The summed E-state index contributed by atoms with van der Waals surface area (Å²) in [6.45, 7) is 0. The van der Waals surface area contributed by atoms with E-state index in [2.05, 4.69) is 5.32 Å². The van der Waals surface area contributed by atoms with Crippen LogP contribution in [0.1, 0.15) is 11.1 Å². The Morgan fingerprint density at radius 1 is 1.07 bits per heavy atom. The summed E-state index contributed by atoms with van der Waals surface area (Å²) in [6.07, 6.45) is 1.86. The van der Waals surface area contributed by atoms with E-state index in [0.717, 1.165) is 16.7 Å². The molecule has 0 spiro atoms. The van der Waals surface area contributed by atoms with E-state index in [1.165, 1.54) is 11.8 Å². The number of nitrogens with one attached hydrogen (secondary N) is 1. The zero-order valence-electron chi connectivity index (χ0n) is 14.6. The minimum Gasteiger partial charge on any atom is -0.493 e. The van der Waals surface area contributed by atoms with Crippen LogP contribution in [0.25, 0.3) is 11.3 Å². The van der Waals surface area contributed by atoms with E-state index in [0.29, 0.717) is 32.2 Å². The Balaban J connectivity index is 1.87. The van der Waals surface area contributed by atoms with E-state index >= 15 is 0 Å². The van der Waals surface area contributed by atoms with Gasteiger partial charge in [-0.3, -0.25) is 4.79 Å². The molecular weight excluding hydrogens is 382 g/mol. The number of hydrogen-bond acceptors (Lipinski definition) is 6. The van der Waals surface area contributed by atoms with Gasteiger partial charge in [0.1, 0.15) is 15.8 Å². The SMILES string of the molecule is COc1ccc(C2=CC(=C3SC(=S)NC3=O)c3ccccc3O2)cc1OC. The van der Waals surface area contributed by atoms with Gasteiger partial charge < -0.3 is 19.5 Å². The quantitative estimate of drug-likeness (QED) is 0.624. The lowest BCUT2D eigenvalue weighted by molar-refractivity contribution is -0.115. The van der Waals surface area contributed by atoms with Crippen molar-refractivity contribution in [3.63, 3.8) is 0 Å². The lowest BCUT2D eigenvalue weighted by Crippen LogP contribution is -2.18. The van der Waals surface area contributed by atoms with Crippen molar-refractivity contribution in [2.24, 2.45) is 0 Å². The fraction of sp³-hybridized carbons (Fsp3) is 0.100. The fourth-order valence-electron chi connectivity index (χ4n) is 2.95. The molecule has 0 saturated carbocycles. The molecule has 4 rings (SSSR count). The summed E-state index contributed by atoms with van der Waals surface area (Å²) >= 11 is 6.40. The maximum atomic E-state index is 12.3. The maximum Gasteiger partial charge on any atom is 0.264 e. The number of para-hydroxylation sites is 1. The summed E-state index contributed by atoms with van der Waals surface area (Å²) in [7, 11) is 3.17. The normalized spacial score (nSPS) is 18.4. The number of rotatable bonds is 3. The number of carbonyl (C=O) groups is 1. The summed E-state index contributed by atoms with van der Waals surface area (Å²) in [4.78, 5) is 12.9. The van der Waals surface area contributed by atoms with Crippen molar-refractivity contribution in [1.82, 2.24) is 5.32 Å². The molecule has 1 fully saturated rings. The molecule has 5 nitrogen and oxygen atoms in total. The zero-order chi connectivity index (χ0) is 19.0. The Morgan fingerprint density at radius 3 is 2.56 bits per heavy atom. The van der Waals surface area contributed by atoms with Gasteiger partial charge in [0.15, 0.2) is 11.5 Å². The van der Waals surface area contributed by atoms with Crippen LogP contribution in [0, 0.1) is 0 Å². The number of fused-ring (bicyclic) bond motifs is 1. The van der Waals surface area contributed by atoms with Crippen LogP contribution in [0.2, 0.25) is 0 Å². The zero-order valence-corrected chi connectivity index (χ0v) is 16.2. The molecule has 0 atom stereocenters. The van der Waals surface area contributed by atoms with Crippen LogP contribution in [0.5, 0.6) is 17.2 Å². The first kappa shape index (κ1) is 17.6. The number of ether oxygens (including phenoxy) is 3. The second kappa shape index (κ2) is 7.09. The second-order valence-electron chi connectivity index (χ2n) is 5.76. The smallest absolute Gasteiger partial charge is 0.264 e. The molecular formula is C20H15NO4S2. The van der Waals surface area contributed by atoms with Crippen molar-refractivity contribution < 1.29 is 19.0 Å². The van der Waals surface area contributed by atoms with Gasteiger partial charge in [0.2, 0.25) is 0 Å². The summed E-state index contributed by atoms with van der Waals surface area (Å²) < 4.78 is 17.2. The molecule has 136 valence electrons. The Kier molecular flexibility index (Phi) is 4.63. The van der Waals surface area contributed by atoms with E-state index in [9.17, 15) is 4.79 Å². The van der Waals surface area contributed by atoms with Crippen molar-refractivity contribution in [1.29, 1.82) is 0 Å². The Bertz CT molecular complexity index is 1030. The Hall–Kier alpha value is -2.77. The third-order valence-corrected chi connectivity index (χ3v) is 5.45. The molecule has 1 N–H and O–H groups in total. The monoisotopic (exact) mass is 397 g/mol. The van der Waals surface area contributed by atoms with Crippen molar-refractivity contribution in [2.45, 2.75) is 0 Å². The van der Waals surface area contributed by atoms with Crippen molar-refractivity contribution in [2.75, 3.05) is 14.2 Å². The highest BCUT2D eigenvalue weighted by Crippen LogP contribution is 2.43. The molecule has 2 aliphatic rings. The van der Waals surface area contributed by atoms with E-state index in [-0.39, 0.29) is 5.91 Å². The Morgan fingerprint density at radius 2 is 1.85 bits per heavy atom. The fourth-order valence-corrected chi connectivity index (χ4v) is 4.04. The van der Waals surface area contributed by atoms with Gasteiger partial charge >= 0.3 is 0 Å². The maximum absolute atomic E-state index is 12.3. The number of thioether (sulfide) groups is 1. The number of allylic oxidation sites excluding steroid dienone is 2. The molecule has 2 aromatic rings. The topological polar surface area (TPSA) is 56.8 Å². The van der Waals surface area contributed by atoms with Crippen molar-refractivity contribution in [3.8, 4) is 17.2 Å². The summed E-state index contributed by atoms with van der Waals surface area (Å²) in [5.74, 6) is 2.33. The standard InChI is InChI=1S/C20H15NO4S2/c1-23-15-8-7-11(9-17(15)24-2)16-10-13(18-19(22)21-20(26)27-18)12-5-3-4-6-14(12)25-16/h3-10H,1-2H3,(H,21,22,26). The molecule has 27 heavy (non-hydrogen) atoms.